The van der Waals surface area contributed by atoms with Crippen molar-refractivity contribution in [2.75, 3.05) is 11.1 Å². The zero-order valence-electron chi connectivity index (χ0n) is 10.1. The molecular formula is C13H10BrNO3S2. The van der Waals surface area contributed by atoms with Gasteiger partial charge in [-0.2, -0.15) is 0 Å². The first kappa shape index (κ1) is 15.1. The Morgan fingerprint density at radius 1 is 1.35 bits per heavy atom. The maximum absolute atomic E-state index is 11.8. The number of rotatable bonds is 5. The molecule has 1 amide bonds. The van der Waals surface area contributed by atoms with Crippen LogP contribution < -0.4 is 5.32 Å². The van der Waals surface area contributed by atoms with E-state index in [1.165, 1.54) is 23.9 Å². The highest BCUT2D eigenvalue weighted by atomic mass is 79.9. The Kier molecular flexibility index (Phi) is 5.22. The smallest absolute Gasteiger partial charge is 0.335 e. The Labute approximate surface area is 132 Å². The number of anilines is 1. The van der Waals surface area contributed by atoms with E-state index in [-0.39, 0.29) is 17.2 Å². The Bertz CT molecular complexity index is 629. The second kappa shape index (κ2) is 6.92. The van der Waals surface area contributed by atoms with E-state index in [1.54, 1.807) is 17.4 Å². The molecule has 0 spiro atoms. The van der Waals surface area contributed by atoms with Crippen molar-refractivity contribution in [3.8, 4) is 0 Å². The summed E-state index contributed by atoms with van der Waals surface area (Å²) in [5, 5.41) is 13.6. The van der Waals surface area contributed by atoms with Gasteiger partial charge in [0.25, 0.3) is 0 Å². The average Bonchev–Trinajstić information content (AvgIpc) is 2.88. The molecule has 0 atom stereocenters. The molecular weight excluding hydrogens is 362 g/mol. The summed E-state index contributed by atoms with van der Waals surface area (Å²) < 4.78 is 1.68. The third-order valence-corrected chi connectivity index (χ3v) is 4.86. The fourth-order valence-electron chi connectivity index (χ4n) is 1.46. The largest absolute Gasteiger partial charge is 0.478 e. The number of nitrogens with one attached hydrogen (secondary N) is 1. The molecule has 0 aliphatic heterocycles. The van der Waals surface area contributed by atoms with Crippen LogP contribution in [0.1, 0.15) is 10.4 Å². The van der Waals surface area contributed by atoms with Gasteiger partial charge in [-0.05, 0) is 29.6 Å². The number of carboxylic acids is 1. The first-order chi connectivity index (χ1) is 9.54. The maximum atomic E-state index is 11.8. The molecule has 0 saturated carbocycles. The molecule has 0 fully saturated rings. The van der Waals surface area contributed by atoms with Crippen LogP contribution in [-0.4, -0.2) is 22.7 Å². The fraction of sp³-hybridized carbons (Fsp3) is 0.0769. The molecule has 2 aromatic rings. The van der Waals surface area contributed by atoms with Gasteiger partial charge in [0.15, 0.2) is 0 Å². The van der Waals surface area contributed by atoms with Crippen molar-refractivity contribution in [2.24, 2.45) is 0 Å². The third-order valence-electron chi connectivity index (χ3n) is 2.27. The van der Waals surface area contributed by atoms with E-state index in [4.69, 9.17) is 5.11 Å². The number of amides is 1. The Morgan fingerprint density at radius 2 is 2.15 bits per heavy atom. The van der Waals surface area contributed by atoms with Gasteiger partial charge in [-0.3, -0.25) is 4.79 Å². The lowest BCUT2D eigenvalue weighted by atomic mass is 10.2. The normalized spacial score (nSPS) is 10.2. The number of hydrogen-bond donors (Lipinski definition) is 2. The highest BCUT2D eigenvalue weighted by Gasteiger charge is 2.09. The minimum Gasteiger partial charge on any atom is -0.478 e. The van der Waals surface area contributed by atoms with Crippen molar-refractivity contribution in [3.05, 3.63) is 45.7 Å². The van der Waals surface area contributed by atoms with Crippen molar-refractivity contribution in [1.29, 1.82) is 0 Å². The molecule has 0 bridgehead atoms. The number of halogens is 1. The molecule has 7 heteroatoms. The molecule has 0 aliphatic carbocycles. The molecule has 2 rings (SSSR count). The first-order valence-electron chi connectivity index (χ1n) is 5.54. The number of aromatic carboxylic acids is 1. The van der Waals surface area contributed by atoms with Gasteiger partial charge in [-0.15, -0.1) is 23.1 Å². The lowest BCUT2D eigenvalue weighted by Crippen LogP contribution is -2.14. The van der Waals surface area contributed by atoms with Gasteiger partial charge in [0.2, 0.25) is 5.91 Å². The molecule has 2 N–H and O–H groups in total. The van der Waals surface area contributed by atoms with Crippen LogP contribution in [0.15, 0.2) is 44.4 Å². The summed E-state index contributed by atoms with van der Waals surface area (Å²) in [6.45, 7) is 0. The van der Waals surface area contributed by atoms with Crippen LogP contribution in [0.5, 0.6) is 0 Å². The van der Waals surface area contributed by atoms with Gasteiger partial charge in [-0.25, -0.2) is 4.79 Å². The van der Waals surface area contributed by atoms with E-state index >= 15 is 0 Å². The number of benzene rings is 1. The topological polar surface area (TPSA) is 66.4 Å². The third kappa shape index (κ3) is 4.36. The number of carbonyl (C=O) groups excluding carboxylic acids is 1. The Morgan fingerprint density at radius 3 is 2.80 bits per heavy atom. The fourth-order valence-corrected chi connectivity index (χ4v) is 3.54. The van der Waals surface area contributed by atoms with Gasteiger partial charge in [0.05, 0.1) is 15.5 Å². The van der Waals surface area contributed by atoms with Crippen LogP contribution in [0.25, 0.3) is 0 Å². The number of carbonyl (C=O) groups is 2. The number of carboxylic acid groups (broad SMARTS) is 1. The van der Waals surface area contributed by atoms with Crippen LogP contribution in [0.3, 0.4) is 0 Å². The Hall–Kier alpha value is -1.31. The predicted molar refractivity (Wildman–Crippen MR) is 84.8 cm³/mol. The summed E-state index contributed by atoms with van der Waals surface area (Å²) in [6, 6.07) is 8.46. The van der Waals surface area contributed by atoms with Crippen LogP contribution >= 0.6 is 39.0 Å². The van der Waals surface area contributed by atoms with Crippen LogP contribution in [0.2, 0.25) is 0 Å². The molecule has 4 nitrogen and oxygen atoms in total. The van der Waals surface area contributed by atoms with E-state index in [1.807, 2.05) is 17.5 Å². The quantitative estimate of drug-likeness (QED) is 0.781. The van der Waals surface area contributed by atoms with Crippen LogP contribution in [0.4, 0.5) is 5.69 Å². The summed E-state index contributed by atoms with van der Waals surface area (Å²) in [4.78, 5) is 22.7. The van der Waals surface area contributed by atoms with E-state index in [0.717, 1.165) is 4.21 Å². The summed E-state index contributed by atoms with van der Waals surface area (Å²) in [6.07, 6.45) is 0. The molecule has 0 saturated heterocycles. The Balaban J connectivity index is 1.98. The summed E-state index contributed by atoms with van der Waals surface area (Å²) in [5.74, 6) is -0.914. The van der Waals surface area contributed by atoms with E-state index in [0.29, 0.717) is 10.2 Å². The predicted octanol–water partition coefficient (Wildman–Crippen LogP) is 3.94. The monoisotopic (exact) mass is 371 g/mol. The molecule has 0 radical (unpaired) electrons. The minimum absolute atomic E-state index is 0.126. The standard InChI is InChI=1S/C13H10BrNO3S2/c14-9-4-8(13(17)18)5-10(6-9)15-11(16)7-20-12-2-1-3-19-12/h1-6H,7H2,(H,15,16)(H,17,18). The molecule has 104 valence electrons. The van der Waals surface area contributed by atoms with Gasteiger partial charge in [-0.1, -0.05) is 22.0 Å². The summed E-state index contributed by atoms with van der Waals surface area (Å²) in [7, 11) is 0. The molecule has 0 unspecified atom stereocenters. The molecule has 1 aromatic carbocycles. The van der Waals surface area contributed by atoms with Crippen molar-refractivity contribution in [2.45, 2.75) is 4.21 Å². The second-order valence-corrected chi connectivity index (χ2v) is 6.94. The van der Waals surface area contributed by atoms with E-state index in [9.17, 15) is 9.59 Å². The van der Waals surface area contributed by atoms with Gasteiger partial charge < -0.3 is 10.4 Å². The van der Waals surface area contributed by atoms with Crippen molar-refractivity contribution < 1.29 is 14.7 Å². The highest BCUT2D eigenvalue weighted by Crippen LogP contribution is 2.24. The lowest BCUT2D eigenvalue weighted by Gasteiger charge is -2.06. The summed E-state index contributed by atoms with van der Waals surface area (Å²) >= 11 is 6.25. The molecule has 1 aromatic heterocycles. The number of thioether (sulfide) groups is 1. The van der Waals surface area contributed by atoms with Crippen LogP contribution in [-0.2, 0) is 4.79 Å². The van der Waals surface area contributed by atoms with Crippen molar-refractivity contribution in [1.82, 2.24) is 0 Å². The number of thiophene rings is 1. The van der Waals surface area contributed by atoms with Crippen LogP contribution in [0, 0.1) is 0 Å². The minimum atomic E-state index is -1.03. The molecule has 20 heavy (non-hydrogen) atoms. The van der Waals surface area contributed by atoms with Gasteiger partial charge >= 0.3 is 5.97 Å². The van der Waals surface area contributed by atoms with Gasteiger partial charge in [0.1, 0.15) is 0 Å². The van der Waals surface area contributed by atoms with Crippen molar-refractivity contribution in [3.63, 3.8) is 0 Å². The SMILES string of the molecule is O=C(CSc1cccs1)Nc1cc(Br)cc(C(=O)O)c1. The lowest BCUT2D eigenvalue weighted by molar-refractivity contribution is -0.113. The zero-order valence-corrected chi connectivity index (χ0v) is 13.3. The van der Waals surface area contributed by atoms with E-state index in [2.05, 4.69) is 21.2 Å². The maximum Gasteiger partial charge on any atom is 0.335 e. The van der Waals surface area contributed by atoms with Gasteiger partial charge in [0, 0.05) is 10.2 Å². The van der Waals surface area contributed by atoms with Crippen molar-refractivity contribution >= 4 is 56.6 Å². The number of hydrogen-bond acceptors (Lipinski definition) is 4. The zero-order chi connectivity index (χ0) is 14.5. The molecule has 0 aliphatic rings. The summed E-state index contributed by atoms with van der Waals surface area (Å²) in [5.41, 5.74) is 0.592. The average molecular weight is 372 g/mol. The molecule has 1 heterocycles. The highest BCUT2D eigenvalue weighted by molar-refractivity contribution is 9.10. The second-order valence-electron chi connectivity index (χ2n) is 3.80. The van der Waals surface area contributed by atoms with E-state index < -0.39 is 5.97 Å². The first-order valence-corrected chi connectivity index (χ1v) is 8.20.